The van der Waals surface area contributed by atoms with Crippen LogP contribution in [0, 0.1) is 6.92 Å². The number of carbonyl (C=O) groups excluding carboxylic acids is 1. The summed E-state index contributed by atoms with van der Waals surface area (Å²) in [6.45, 7) is 5.45. The Bertz CT molecular complexity index is 595. The molecule has 8 heteroatoms. The molecule has 0 atom stereocenters. The van der Waals surface area contributed by atoms with Gasteiger partial charge in [-0.15, -0.1) is 21.5 Å². The van der Waals surface area contributed by atoms with Crippen molar-refractivity contribution in [3.05, 3.63) is 21.1 Å². The molecule has 0 aromatic carbocycles. The largest absolute Gasteiger partial charge is 0.300 e. The van der Waals surface area contributed by atoms with Gasteiger partial charge in [-0.1, -0.05) is 18.3 Å². The average Bonchev–Trinajstić information content (AvgIpc) is 3.05. The molecule has 2 heterocycles. The Morgan fingerprint density at radius 3 is 2.81 bits per heavy atom. The number of rotatable bonds is 7. The second kappa shape index (κ2) is 7.58. The maximum Gasteiger partial charge on any atom is 0.227 e. The van der Waals surface area contributed by atoms with Gasteiger partial charge in [-0.2, -0.15) is 0 Å². The number of hydrogen-bond donors (Lipinski definition) is 1. The van der Waals surface area contributed by atoms with Crippen LogP contribution < -0.4 is 5.32 Å². The van der Waals surface area contributed by atoms with Gasteiger partial charge in [-0.25, -0.2) is 4.98 Å². The molecule has 114 valence electrons. The van der Waals surface area contributed by atoms with Gasteiger partial charge in [0.2, 0.25) is 11.0 Å². The second-order valence-electron chi connectivity index (χ2n) is 4.77. The van der Waals surface area contributed by atoms with Gasteiger partial charge < -0.3 is 5.32 Å². The summed E-state index contributed by atoms with van der Waals surface area (Å²) in [6, 6.07) is 0. The lowest BCUT2D eigenvalue weighted by Crippen LogP contribution is -2.24. The van der Waals surface area contributed by atoms with E-state index in [4.69, 9.17) is 0 Å². The molecule has 21 heavy (non-hydrogen) atoms. The molecule has 2 aromatic heterocycles. The van der Waals surface area contributed by atoms with Gasteiger partial charge in [0.15, 0.2) is 0 Å². The molecule has 0 bridgehead atoms. The van der Waals surface area contributed by atoms with E-state index in [0.717, 1.165) is 28.7 Å². The van der Waals surface area contributed by atoms with Crippen LogP contribution in [0.15, 0.2) is 5.38 Å². The third-order valence-corrected chi connectivity index (χ3v) is 4.74. The van der Waals surface area contributed by atoms with Crippen LogP contribution in [0.3, 0.4) is 0 Å². The van der Waals surface area contributed by atoms with Crippen LogP contribution in [-0.2, 0) is 17.8 Å². The topological polar surface area (TPSA) is 71.0 Å². The van der Waals surface area contributed by atoms with Crippen molar-refractivity contribution in [1.82, 2.24) is 20.1 Å². The van der Waals surface area contributed by atoms with Crippen molar-refractivity contribution in [2.45, 2.75) is 33.2 Å². The summed E-state index contributed by atoms with van der Waals surface area (Å²) in [5.74, 6) is -0.0315. The molecule has 0 spiro atoms. The summed E-state index contributed by atoms with van der Waals surface area (Å²) in [7, 11) is 1.99. The molecule has 0 aliphatic heterocycles. The SMILES string of the molecule is CCc1nnc(NC(=O)CCN(C)Cc2nc(C)cs2)s1. The molecule has 2 aromatic rings. The molecule has 0 saturated carbocycles. The summed E-state index contributed by atoms with van der Waals surface area (Å²) in [5, 5.41) is 15.3. The zero-order valence-corrected chi connectivity index (χ0v) is 14.1. The maximum absolute atomic E-state index is 11.9. The fourth-order valence-electron chi connectivity index (χ4n) is 1.71. The van der Waals surface area contributed by atoms with Crippen molar-refractivity contribution in [1.29, 1.82) is 0 Å². The van der Waals surface area contributed by atoms with Crippen molar-refractivity contribution >= 4 is 33.7 Å². The first-order chi connectivity index (χ1) is 10.1. The quantitative estimate of drug-likeness (QED) is 0.846. The molecule has 0 aliphatic rings. The molecule has 0 radical (unpaired) electrons. The first-order valence-corrected chi connectivity index (χ1v) is 8.48. The summed E-state index contributed by atoms with van der Waals surface area (Å²) in [4.78, 5) is 18.4. The molecule has 1 amide bonds. The normalized spacial score (nSPS) is 11.0. The number of nitrogens with zero attached hydrogens (tertiary/aromatic N) is 4. The van der Waals surface area contributed by atoms with Gasteiger partial charge in [-0.05, 0) is 20.4 Å². The molecular weight excluding hydrogens is 306 g/mol. The first-order valence-electron chi connectivity index (χ1n) is 6.78. The van der Waals surface area contributed by atoms with Gasteiger partial charge in [0.05, 0.1) is 6.54 Å². The van der Waals surface area contributed by atoms with Gasteiger partial charge in [-0.3, -0.25) is 9.69 Å². The lowest BCUT2D eigenvalue weighted by molar-refractivity contribution is -0.116. The maximum atomic E-state index is 11.9. The van der Waals surface area contributed by atoms with E-state index in [2.05, 4.69) is 25.4 Å². The Kier molecular flexibility index (Phi) is 5.77. The number of aromatic nitrogens is 3. The summed E-state index contributed by atoms with van der Waals surface area (Å²) in [5.41, 5.74) is 1.05. The number of anilines is 1. The second-order valence-corrected chi connectivity index (χ2v) is 6.78. The van der Waals surface area contributed by atoms with Gasteiger partial charge in [0.25, 0.3) is 0 Å². The fraction of sp³-hybridized carbons (Fsp3) is 0.538. The minimum Gasteiger partial charge on any atom is -0.300 e. The minimum atomic E-state index is -0.0315. The van der Waals surface area contributed by atoms with E-state index in [1.165, 1.54) is 11.3 Å². The predicted octanol–water partition coefficient (Wildman–Crippen LogP) is 2.33. The Hall–Kier alpha value is -1.38. The van der Waals surface area contributed by atoms with Crippen molar-refractivity contribution in [2.24, 2.45) is 0 Å². The molecule has 0 unspecified atom stereocenters. The van der Waals surface area contributed by atoms with Crippen molar-refractivity contribution in [3.63, 3.8) is 0 Å². The van der Waals surface area contributed by atoms with Crippen LogP contribution in [0.25, 0.3) is 0 Å². The van der Waals surface area contributed by atoms with Crippen molar-refractivity contribution in [3.8, 4) is 0 Å². The lowest BCUT2D eigenvalue weighted by Gasteiger charge is -2.14. The standard InChI is InChI=1S/C13H19N5OS2/c1-4-11-16-17-13(21-11)15-10(19)5-6-18(3)7-12-14-9(2)8-20-12/h8H,4-7H2,1-3H3,(H,15,17,19). The highest BCUT2D eigenvalue weighted by Gasteiger charge is 2.10. The molecular formula is C13H19N5OS2. The highest BCUT2D eigenvalue weighted by molar-refractivity contribution is 7.15. The average molecular weight is 325 g/mol. The van der Waals surface area contributed by atoms with Crippen LogP contribution in [0.1, 0.15) is 29.1 Å². The molecule has 0 aliphatic carbocycles. The van der Waals surface area contributed by atoms with E-state index in [0.29, 0.717) is 18.1 Å². The molecule has 6 nitrogen and oxygen atoms in total. The molecule has 0 saturated heterocycles. The number of aryl methyl sites for hydroxylation is 2. The number of hydrogen-bond acceptors (Lipinski definition) is 7. The number of nitrogens with one attached hydrogen (secondary N) is 1. The minimum absolute atomic E-state index is 0.0315. The summed E-state index contributed by atoms with van der Waals surface area (Å²) >= 11 is 3.07. The number of carbonyl (C=O) groups is 1. The number of thiazole rings is 1. The van der Waals surface area contributed by atoms with E-state index >= 15 is 0 Å². The highest BCUT2D eigenvalue weighted by atomic mass is 32.1. The predicted molar refractivity (Wildman–Crippen MR) is 85.7 cm³/mol. The fourth-order valence-corrected chi connectivity index (χ4v) is 3.25. The van der Waals surface area contributed by atoms with E-state index in [1.54, 1.807) is 11.3 Å². The Labute approximate surface area is 132 Å². The van der Waals surface area contributed by atoms with E-state index in [9.17, 15) is 4.79 Å². The van der Waals surface area contributed by atoms with Crippen molar-refractivity contribution < 1.29 is 4.79 Å². The van der Waals surface area contributed by atoms with Crippen LogP contribution >= 0.6 is 22.7 Å². The Balaban J connectivity index is 1.73. The van der Waals surface area contributed by atoms with Gasteiger partial charge in [0, 0.05) is 24.0 Å². The van der Waals surface area contributed by atoms with Gasteiger partial charge in [0.1, 0.15) is 10.0 Å². The summed E-state index contributed by atoms with van der Waals surface area (Å²) < 4.78 is 0. The summed E-state index contributed by atoms with van der Waals surface area (Å²) in [6.07, 6.45) is 1.27. The van der Waals surface area contributed by atoms with Crippen LogP contribution in [0.2, 0.25) is 0 Å². The molecule has 0 fully saturated rings. The smallest absolute Gasteiger partial charge is 0.227 e. The molecule has 1 N–H and O–H groups in total. The van der Waals surface area contributed by atoms with Gasteiger partial charge >= 0.3 is 0 Å². The van der Waals surface area contributed by atoms with Crippen LogP contribution in [0.5, 0.6) is 0 Å². The number of amides is 1. The third kappa shape index (κ3) is 5.14. The monoisotopic (exact) mass is 325 g/mol. The van der Waals surface area contributed by atoms with Crippen LogP contribution in [-0.4, -0.2) is 39.6 Å². The van der Waals surface area contributed by atoms with E-state index in [1.807, 2.05) is 26.3 Å². The van der Waals surface area contributed by atoms with E-state index in [-0.39, 0.29) is 5.91 Å². The lowest BCUT2D eigenvalue weighted by atomic mass is 10.3. The van der Waals surface area contributed by atoms with Crippen molar-refractivity contribution in [2.75, 3.05) is 18.9 Å². The molecule has 2 rings (SSSR count). The third-order valence-electron chi connectivity index (χ3n) is 2.81. The Morgan fingerprint density at radius 2 is 2.19 bits per heavy atom. The zero-order chi connectivity index (χ0) is 15.2. The first kappa shape index (κ1) is 16.0. The highest BCUT2D eigenvalue weighted by Crippen LogP contribution is 2.15. The Morgan fingerprint density at radius 1 is 1.38 bits per heavy atom. The zero-order valence-electron chi connectivity index (χ0n) is 12.4. The van der Waals surface area contributed by atoms with E-state index < -0.39 is 0 Å². The van der Waals surface area contributed by atoms with Crippen LogP contribution in [0.4, 0.5) is 5.13 Å².